The van der Waals surface area contributed by atoms with E-state index in [0.29, 0.717) is 34.2 Å². The van der Waals surface area contributed by atoms with Crippen LogP contribution in [0.2, 0.25) is 0 Å². The third kappa shape index (κ3) is 8.50. The maximum atomic E-state index is 15.3. The van der Waals surface area contributed by atoms with Gasteiger partial charge in [0, 0.05) is 66.1 Å². The van der Waals surface area contributed by atoms with Gasteiger partial charge in [0.1, 0.15) is 42.3 Å². The smallest absolute Gasteiger partial charge is 0.309 e. The molecular weight excluding hydrogens is 919 g/mol. The molecule has 6 heterocycles. The van der Waals surface area contributed by atoms with Gasteiger partial charge in [0.05, 0.1) is 23.1 Å². The van der Waals surface area contributed by atoms with E-state index in [2.05, 4.69) is 89.0 Å². The Morgan fingerprint density at radius 2 is 1.03 bits per heavy atom. The molecule has 4 aromatic carbocycles. The average molecular weight is 973 g/mol. The zero-order valence-electron chi connectivity index (χ0n) is 39.2. The highest BCUT2D eigenvalue weighted by atomic mass is 32.1. The highest BCUT2D eigenvalue weighted by molar-refractivity contribution is 7.21. The SMILES string of the molecule is C=C(O)C1CN([C@@H](CC)c2ccc(-c3nc4ccc(C5(c6ccccc6)CC5)nc4s3)c(F)c2)C1.CC[C@H](c1ccc(-c2nc3ccc(C4(c5ccccc5)CC4)nc3s2)c(F)c1)N1CC(C(=O)O)C1. The van der Waals surface area contributed by atoms with Gasteiger partial charge in [-0.05, 0) is 109 Å². The number of hydrogen-bond acceptors (Lipinski definition) is 10. The summed E-state index contributed by atoms with van der Waals surface area (Å²) in [5, 5.41) is 20.1. The quantitative estimate of drug-likeness (QED) is 0.103. The molecule has 0 bridgehead atoms. The molecule has 0 amide bonds. The number of carboxylic acids is 1. The van der Waals surface area contributed by atoms with Gasteiger partial charge < -0.3 is 10.2 Å². The molecular formula is C57H54F2N6O3S2. The summed E-state index contributed by atoms with van der Waals surface area (Å²) in [4.78, 5) is 36.6. The first-order valence-corrected chi connectivity index (χ1v) is 26.0. The minimum atomic E-state index is -0.762. The number of pyridine rings is 2. The predicted molar refractivity (Wildman–Crippen MR) is 274 cm³/mol. The topological polar surface area (TPSA) is 116 Å². The standard InChI is InChI=1S/C29H28FN3OS.C28H26FN3O2S/c1-3-25(33-16-20(17-33)18(2)34)19-9-10-22(23(30)15-19)27-31-24-11-12-26(32-28(24)35-27)29(13-14-29)21-7-5-4-6-8-21;1-2-23(32-15-18(16-32)27(33)34)17-8-9-20(21(29)14-17)25-30-22-10-11-24(31-26(22)35-25)28(12-13-28)19-6-4-3-5-7-19/h4-12,15,20,25,34H,2-3,13-14,16-17H2,1H3;3-11,14,18,23H,2,12-13,15-16H2,1H3,(H,33,34)/t25-;23-/m01/s1. The second kappa shape index (κ2) is 18.5. The maximum Gasteiger partial charge on any atom is 0.309 e. The first-order chi connectivity index (χ1) is 34.0. The Labute approximate surface area is 414 Å². The minimum absolute atomic E-state index is 0.0000780. The van der Waals surface area contributed by atoms with Crippen molar-refractivity contribution < 1.29 is 23.8 Å². The number of aliphatic hydroxyl groups excluding tert-OH is 1. The summed E-state index contributed by atoms with van der Waals surface area (Å²) in [6, 6.07) is 40.2. The van der Waals surface area contributed by atoms with Gasteiger partial charge in [-0.1, -0.05) is 116 Å². The van der Waals surface area contributed by atoms with Gasteiger partial charge in [-0.2, -0.15) is 0 Å². The van der Waals surface area contributed by atoms with Crippen molar-refractivity contribution in [2.45, 2.75) is 75.3 Å². The third-order valence-electron chi connectivity index (χ3n) is 15.2. The number of aliphatic carboxylic acids is 1. The number of carbonyl (C=O) groups is 1. The summed E-state index contributed by atoms with van der Waals surface area (Å²) in [5.74, 6) is -1.30. The van der Waals surface area contributed by atoms with Gasteiger partial charge in [0.15, 0.2) is 0 Å². The number of halogens is 2. The van der Waals surface area contributed by atoms with Gasteiger partial charge >= 0.3 is 5.97 Å². The fraction of sp³-hybridized carbons (Fsp3) is 0.316. The van der Waals surface area contributed by atoms with Crippen molar-refractivity contribution in [2.75, 3.05) is 26.2 Å². The van der Waals surface area contributed by atoms with Crippen LogP contribution in [0.25, 0.3) is 41.8 Å². The van der Waals surface area contributed by atoms with Crippen LogP contribution in [0.3, 0.4) is 0 Å². The van der Waals surface area contributed by atoms with Gasteiger partial charge in [0.2, 0.25) is 0 Å². The molecule has 4 fully saturated rings. The molecule has 2 aliphatic heterocycles. The Kier molecular flexibility index (Phi) is 12.2. The van der Waals surface area contributed by atoms with Crippen LogP contribution in [0.4, 0.5) is 8.78 Å². The van der Waals surface area contributed by atoms with Crippen LogP contribution in [0.5, 0.6) is 0 Å². The number of benzene rings is 4. The fourth-order valence-electron chi connectivity index (χ4n) is 10.7. The molecule has 70 heavy (non-hydrogen) atoms. The lowest BCUT2D eigenvalue weighted by Crippen LogP contribution is -2.51. The number of carboxylic acid groups (broad SMARTS) is 1. The Balaban J connectivity index is 0.000000152. The van der Waals surface area contributed by atoms with E-state index in [1.807, 2.05) is 49.4 Å². The number of aromatic nitrogens is 4. The van der Waals surface area contributed by atoms with Crippen LogP contribution in [0, 0.1) is 23.5 Å². The molecule has 2 saturated carbocycles. The summed E-state index contributed by atoms with van der Waals surface area (Å²) in [6.07, 6.45) is 6.03. The number of aliphatic hydroxyl groups is 1. The number of rotatable bonds is 14. The predicted octanol–water partition coefficient (Wildman–Crippen LogP) is 13.1. The van der Waals surface area contributed by atoms with Crippen LogP contribution in [-0.2, 0) is 15.6 Å². The van der Waals surface area contributed by atoms with Gasteiger partial charge in [-0.15, -0.1) is 0 Å². The molecule has 13 heteroatoms. The summed E-state index contributed by atoms with van der Waals surface area (Å²) < 4.78 is 30.6. The molecule has 2 N–H and O–H groups in total. The van der Waals surface area contributed by atoms with E-state index in [1.54, 1.807) is 18.2 Å². The van der Waals surface area contributed by atoms with Gasteiger partial charge in [-0.25, -0.2) is 28.7 Å². The third-order valence-corrected chi connectivity index (χ3v) is 17.2. The Hall–Kier alpha value is -6.25. The number of thiazole rings is 2. The molecule has 0 unspecified atom stereocenters. The Morgan fingerprint density at radius 3 is 1.39 bits per heavy atom. The second-order valence-electron chi connectivity index (χ2n) is 19.4. The number of fused-ring (bicyclic) bond motifs is 2. The van der Waals surface area contributed by atoms with Crippen molar-refractivity contribution in [3.8, 4) is 21.1 Å². The van der Waals surface area contributed by atoms with Crippen molar-refractivity contribution in [1.82, 2.24) is 29.7 Å². The lowest BCUT2D eigenvalue weighted by Gasteiger charge is -2.44. The number of nitrogens with zero attached hydrogens (tertiary/aromatic N) is 6. The van der Waals surface area contributed by atoms with Crippen molar-refractivity contribution in [1.29, 1.82) is 0 Å². The van der Waals surface area contributed by atoms with Crippen molar-refractivity contribution in [3.63, 3.8) is 0 Å². The van der Waals surface area contributed by atoms with Crippen LogP contribution in [0.15, 0.2) is 134 Å². The summed E-state index contributed by atoms with van der Waals surface area (Å²) in [6.45, 7) is 10.3. The molecule has 4 aliphatic rings. The molecule has 0 radical (unpaired) electrons. The van der Waals surface area contributed by atoms with E-state index in [1.165, 1.54) is 33.8 Å². The molecule has 8 aromatic rings. The van der Waals surface area contributed by atoms with Crippen molar-refractivity contribution >= 4 is 49.3 Å². The minimum Gasteiger partial charge on any atom is -0.513 e. The molecule has 0 spiro atoms. The monoisotopic (exact) mass is 972 g/mol. The fourth-order valence-corrected chi connectivity index (χ4v) is 12.6. The van der Waals surface area contributed by atoms with Crippen LogP contribution < -0.4 is 0 Å². The molecule has 356 valence electrons. The molecule has 4 aromatic heterocycles. The average Bonchev–Trinajstić information content (AvgIpc) is 4.25. The van der Waals surface area contributed by atoms with E-state index in [-0.39, 0.29) is 52.1 Å². The maximum absolute atomic E-state index is 15.3. The van der Waals surface area contributed by atoms with Crippen molar-refractivity contribution in [3.05, 3.63) is 179 Å². The van der Waals surface area contributed by atoms with Gasteiger partial charge in [-0.3, -0.25) is 14.6 Å². The Bertz CT molecular complexity index is 3030. The largest absolute Gasteiger partial charge is 0.513 e. The normalized spacial score (nSPS) is 18.3. The van der Waals surface area contributed by atoms with E-state index < -0.39 is 5.97 Å². The first kappa shape index (κ1) is 46.2. The molecule has 2 aliphatic carbocycles. The number of hydrogen-bond donors (Lipinski definition) is 2. The van der Waals surface area contributed by atoms with E-state index >= 15 is 8.78 Å². The lowest BCUT2D eigenvalue weighted by atomic mass is 9.91. The number of likely N-dealkylation sites (tertiary alicyclic amines) is 2. The molecule has 12 rings (SSSR count). The van der Waals surface area contributed by atoms with E-state index in [9.17, 15) is 9.90 Å². The zero-order valence-corrected chi connectivity index (χ0v) is 40.8. The van der Waals surface area contributed by atoms with E-state index in [4.69, 9.17) is 20.1 Å². The van der Waals surface area contributed by atoms with E-state index in [0.717, 1.165) is 94.8 Å². The highest BCUT2D eigenvalue weighted by Gasteiger charge is 2.48. The van der Waals surface area contributed by atoms with Crippen LogP contribution >= 0.6 is 22.7 Å². The lowest BCUT2D eigenvalue weighted by molar-refractivity contribution is -0.148. The summed E-state index contributed by atoms with van der Waals surface area (Å²) in [7, 11) is 0. The van der Waals surface area contributed by atoms with Crippen LogP contribution in [-0.4, -0.2) is 72.1 Å². The molecule has 2 saturated heterocycles. The first-order valence-electron chi connectivity index (χ1n) is 24.3. The summed E-state index contributed by atoms with van der Waals surface area (Å²) in [5.41, 5.74) is 9.13. The second-order valence-corrected chi connectivity index (χ2v) is 21.4. The highest BCUT2D eigenvalue weighted by Crippen LogP contribution is 2.54. The van der Waals surface area contributed by atoms with Crippen LogP contribution in [0.1, 0.15) is 98.1 Å². The summed E-state index contributed by atoms with van der Waals surface area (Å²) >= 11 is 2.88. The van der Waals surface area contributed by atoms with Gasteiger partial charge in [0.25, 0.3) is 0 Å². The Morgan fingerprint density at radius 1 is 0.614 bits per heavy atom. The zero-order chi connectivity index (χ0) is 48.3. The molecule has 2 atom stereocenters. The molecule has 9 nitrogen and oxygen atoms in total. The van der Waals surface area contributed by atoms with Crippen molar-refractivity contribution in [2.24, 2.45) is 11.8 Å².